The highest BCUT2D eigenvalue weighted by Crippen LogP contribution is 2.08. The Labute approximate surface area is 102 Å². The maximum atomic E-state index is 11.9. The van der Waals surface area contributed by atoms with Gasteiger partial charge in [-0.05, 0) is 44.9 Å². The molecule has 1 saturated heterocycles. The van der Waals surface area contributed by atoms with Gasteiger partial charge in [0.25, 0.3) is 5.91 Å². The fourth-order valence-corrected chi connectivity index (χ4v) is 2.18. The van der Waals surface area contributed by atoms with Crippen molar-refractivity contribution in [2.24, 2.45) is 0 Å². The fraction of sp³-hybridized carbons (Fsp3) is 0.538. The van der Waals surface area contributed by atoms with E-state index in [0.717, 1.165) is 25.2 Å². The van der Waals surface area contributed by atoms with Crippen molar-refractivity contribution in [2.45, 2.75) is 32.2 Å². The summed E-state index contributed by atoms with van der Waals surface area (Å²) >= 11 is 0. The highest BCUT2D eigenvalue weighted by molar-refractivity contribution is 5.95. The third-order valence-corrected chi connectivity index (χ3v) is 3.19. The van der Waals surface area contributed by atoms with Crippen molar-refractivity contribution in [2.75, 3.05) is 13.1 Å². The average Bonchev–Trinajstić information content (AvgIpc) is 2.82. The number of aryl methyl sites for hydroxylation is 1. The Morgan fingerprint density at radius 1 is 1.65 bits per heavy atom. The van der Waals surface area contributed by atoms with Crippen molar-refractivity contribution >= 4 is 5.91 Å². The van der Waals surface area contributed by atoms with Gasteiger partial charge in [-0.15, -0.1) is 0 Å². The number of rotatable bonds is 4. The van der Waals surface area contributed by atoms with Gasteiger partial charge < -0.3 is 10.6 Å². The quantitative estimate of drug-likeness (QED) is 0.823. The maximum absolute atomic E-state index is 11.9. The smallest absolute Gasteiger partial charge is 0.253 e. The number of nitrogens with zero attached hydrogens (tertiary/aromatic N) is 1. The van der Waals surface area contributed by atoms with Crippen LogP contribution in [-0.2, 0) is 0 Å². The Balaban J connectivity index is 1.79. The van der Waals surface area contributed by atoms with Crippen molar-refractivity contribution in [3.8, 4) is 0 Å². The van der Waals surface area contributed by atoms with E-state index in [1.54, 1.807) is 12.3 Å². The van der Waals surface area contributed by atoms with Gasteiger partial charge in [-0.3, -0.25) is 9.78 Å². The zero-order valence-electron chi connectivity index (χ0n) is 10.2. The molecule has 4 heteroatoms. The molecule has 1 aliphatic rings. The van der Waals surface area contributed by atoms with Crippen LogP contribution in [0.1, 0.15) is 35.3 Å². The number of hydrogen-bond acceptors (Lipinski definition) is 3. The Kier molecular flexibility index (Phi) is 4.09. The highest BCUT2D eigenvalue weighted by atomic mass is 16.1. The second-order valence-electron chi connectivity index (χ2n) is 4.47. The second kappa shape index (κ2) is 5.77. The van der Waals surface area contributed by atoms with Gasteiger partial charge >= 0.3 is 0 Å². The number of hydrogen-bond donors (Lipinski definition) is 2. The van der Waals surface area contributed by atoms with Crippen LogP contribution in [0, 0.1) is 6.92 Å². The van der Waals surface area contributed by atoms with E-state index >= 15 is 0 Å². The fourth-order valence-electron chi connectivity index (χ4n) is 2.18. The summed E-state index contributed by atoms with van der Waals surface area (Å²) in [6.07, 6.45) is 5.18. The van der Waals surface area contributed by atoms with Crippen molar-refractivity contribution in [3.63, 3.8) is 0 Å². The van der Waals surface area contributed by atoms with E-state index in [0.29, 0.717) is 11.6 Å². The lowest BCUT2D eigenvalue weighted by Gasteiger charge is -2.11. The molecule has 92 valence electrons. The molecule has 0 aliphatic carbocycles. The normalized spacial score (nSPS) is 19.2. The number of pyridine rings is 1. The average molecular weight is 233 g/mol. The van der Waals surface area contributed by atoms with Crippen LogP contribution in [0.4, 0.5) is 0 Å². The van der Waals surface area contributed by atoms with Crippen molar-refractivity contribution in [3.05, 3.63) is 29.6 Å². The van der Waals surface area contributed by atoms with E-state index in [2.05, 4.69) is 15.6 Å². The van der Waals surface area contributed by atoms with Crippen LogP contribution in [-0.4, -0.2) is 30.0 Å². The number of nitrogens with one attached hydrogen (secondary N) is 2. The molecule has 2 heterocycles. The van der Waals surface area contributed by atoms with Gasteiger partial charge in [0.15, 0.2) is 0 Å². The first kappa shape index (κ1) is 12.0. The minimum absolute atomic E-state index is 0.0198. The number of carbonyl (C=O) groups excluding carboxylic acids is 1. The third kappa shape index (κ3) is 3.27. The SMILES string of the molecule is Cc1ncccc1C(=O)NCCC1CCCN1. The molecule has 0 radical (unpaired) electrons. The zero-order valence-corrected chi connectivity index (χ0v) is 10.2. The van der Waals surface area contributed by atoms with E-state index in [4.69, 9.17) is 0 Å². The predicted molar refractivity (Wildman–Crippen MR) is 66.9 cm³/mol. The van der Waals surface area contributed by atoms with Crippen LogP contribution in [0.15, 0.2) is 18.3 Å². The van der Waals surface area contributed by atoms with E-state index in [9.17, 15) is 4.79 Å². The molecule has 1 unspecified atom stereocenters. The molecule has 4 nitrogen and oxygen atoms in total. The highest BCUT2D eigenvalue weighted by Gasteiger charge is 2.14. The van der Waals surface area contributed by atoms with E-state index in [-0.39, 0.29) is 5.91 Å². The van der Waals surface area contributed by atoms with Crippen LogP contribution in [0.3, 0.4) is 0 Å². The Hall–Kier alpha value is -1.42. The summed E-state index contributed by atoms with van der Waals surface area (Å²) in [7, 11) is 0. The van der Waals surface area contributed by atoms with Crippen molar-refractivity contribution in [1.29, 1.82) is 0 Å². The summed E-state index contributed by atoms with van der Waals surface area (Å²) in [5.41, 5.74) is 1.45. The van der Waals surface area contributed by atoms with E-state index in [1.165, 1.54) is 12.8 Å². The topological polar surface area (TPSA) is 54.0 Å². The lowest BCUT2D eigenvalue weighted by atomic mass is 10.1. The molecule has 0 aromatic carbocycles. The lowest BCUT2D eigenvalue weighted by molar-refractivity contribution is 0.0951. The van der Waals surface area contributed by atoms with Crippen molar-refractivity contribution < 1.29 is 4.79 Å². The summed E-state index contributed by atoms with van der Waals surface area (Å²) in [5, 5.41) is 6.37. The molecule has 1 atom stereocenters. The molecule has 0 bridgehead atoms. The van der Waals surface area contributed by atoms with Crippen LogP contribution in [0.2, 0.25) is 0 Å². The molecule has 1 aliphatic heterocycles. The van der Waals surface area contributed by atoms with Gasteiger partial charge in [0.1, 0.15) is 0 Å². The van der Waals surface area contributed by atoms with Crippen LogP contribution in [0.25, 0.3) is 0 Å². The lowest BCUT2D eigenvalue weighted by Crippen LogP contribution is -2.31. The van der Waals surface area contributed by atoms with Gasteiger partial charge in [-0.25, -0.2) is 0 Å². The van der Waals surface area contributed by atoms with Gasteiger partial charge in [0.2, 0.25) is 0 Å². The van der Waals surface area contributed by atoms with E-state index < -0.39 is 0 Å². The molecule has 1 aromatic rings. The van der Waals surface area contributed by atoms with Gasteiger partial charge in [0.05, 0.1) is 5.56 Å². The first-order valence-corrected chi connectivity index (χ1v) is 6.20. The van der Waals surface area contributed by atoms with Crippen LogP contribution < -0.4 is 10.6 Å². The van der Waals surface area contributed by atoms with Crippen LogP contribution >= 0.6 is 0 Å². The van der Waals surface area contributed by atoms with Gasteiger partial charge in [-0.2, -0.15) is 0 Å². The predicted octanol–water partition coefficient (Wildman–Crippen LogP) is 1.26. The van der Waals surface area contributed by atoms with Crippen molar-refractivity contribution in [1.82, 2.24) is 15.6 Å². The number of carbonyl (C=O) groups is 1. The number of aromatic nitrogens is 1. The van der Waals surface area contributed by atoms with Gasteiger partial charge in [-0.1, -0.05) is 0 Å². The summed E-state index contributed by atoms with van der Waals surface area (Å²) in [4.78, 5) is 16.0. The van der Waals surface area contributed by atoms with E-state index in [1.807, 2.05) is 13.0 Å². The molecule has 2 N–H and O–H groups in total. The maximum Gasteiger partial charge on any atom is 0.253 e. The Morgan fingerprint density at radius 3 is 3.24 bits per heavy atom. The Bertz CT molecular complexity index is 386. The number of amides is 1. The summed E-state index contributed by atoms with van der Waals surface area (Å²) in [6, 6.07) is 4.18. The largest absolute Gasteiger partial charge is 0.352 e. The van der Waals surface area contributed by atoms with Gasteiger partial charge in [0, 0.05) is 24.5 Å². The summed E-state index contributed by atoms with van der Waals surface area (Å²) < 4.78 is 0. The molecule has 0 spiro atoms. The molecule has 17 heavy (non-hydrogen) atoms. The first-order chi connectivity index (χ1) is 8.27. The summed E-state index contributed by atoms with van der Waals surface area (Å²) in [6.45, 7) is 3.69. The minimum atomic E-state index is -0.0198. The van der Waals surface area contributed by atoms with Crippen LogP contribution in [0.5, 0.6) is 0 Å². The zero-order chi connectivity index (χ0) is 12.1. The molecular formula is C13H19N3O. The molecule has 2 rings (SSSR count). The minimum Gasteiger partial charge on any atom is -0.352 e. The molecule has 1 fully saturated rings. The first-order valence-electron chi connectivity index (χ1n) is 6.20. The molecular weight excluding hydrogens is 214 g/mol. The Morgan fingerprint density at radius 2 is 2.53 bits per heavy atom. The monoisotopic (exact) mass is 233 g/mol. The molecule has 1 aromatic heterocycles. The standard InChI is InChI=1S/C13H19N3O/c1-10-12(5-3-7-14-10)13(17)16-9-6-11-4-2-8-15-11/h3,5,7,11,15H,2,4,6,8-9H2,1H3,(H,16,17). The summed E-state index contributed by atoms with van der Waals surface area (Å²) in [5.74, 6) is -0.0198. The molecule has 1 amide bonds. The third-order valence-electron chi connectivity index (χ3n) is 3.19. The molecule has 0 saturated carbocycles. The second-order valence-corrected chi connectivity index (χ2v) is 4.47.